The Hall–Kier alpha value is -1.30. The third kappa shape index (κ3) is 3.85. The number of hydrogen-bond donors (Lipinski definition) is 3. The monoisotopic (exact) mass is 285 g/mol. The van der Waals surface area contributed by atoms with Crippen LogP contribution in [0.2, 0.25) is 0 Å². The lowest BCUT2D eigenvalue weighted by atomic mass is 9.77. The van der Waals surface area contributed by atoms with Crippen LogP contribution in [0.5, 0.6) is 0 Å². The molecule has 0 aromatic heterocycles. The van der Waals surface area contributed by atoms with Crippen molar-refractivity contribution in [1.82, 2.24) is 5.32 Å². The van der Waals surface area contributed by atoms with E-state index in [1.165, 1.54) is 0 Å². The second-order valence-electron chi connectivity index (χ2n) is 5.45. The first-order chi connectivity index (χ1) is 9.60. The van der Waals surface area contributed by atoms with Crippen molar-refractivity contribution in [3.05, 3.63) is 0 Å². The van der Waals surface area contributed by atoms with E-state index in [-0.39, 0.29) is 17.8 Å². The SMILES string of the molecule is CCCC(CCC)(C(=O)NC1CCCOC1)C(N)=NO. The van der Waals surface area contributed by atoms with Crippen LogP contribution in [-0.4, -0.2) is 36.2 Å². The molecule has 1 unspecified atom stereocenters. The van der Waals surface area contributed by atoms with Crippen molar-refractivity contribution in [2.45, 2.75) is 58.4 Å². The van der Waals surface area contributed by atoms with Gasteiger partial charge in [-0.25, -0.2) is 0 Å². The Balaban J connectivity index is 2.86. The van der Waals surface area contributed by atoms with E-state index in [1.54, 1.807) is 0 Å². The number of amides is 1. The summed E-state index contributed by atoms with van der Waals surface area (Å²) in [5, 5.41) is 15.2. The molecule has 6 heteroatoms. The quantitative estimate of drug-likeness (QED) is 0.286. The molecule has 1 amide bonds. The maximum Gasteiger partial charge on any atom is 0.234 e. The topological polar surface area (TPSA) is 96.9 Å². The van der Waals surface area contributed by atoms with Gasteiger partial charge in [-0.3, -0.25) is 4.79 Å². The molecular formula is C14H27N3O3. The van der Waals surface area contributed by atoms with Crippen molar-refractivity contribution in [3.8, 4) is 0 Å². The highest BCUT2D eigenvalue weighted by Gasteiger charge is 2.42. The second-order valence-corrected chi connectivity index (χ2v) is 5.45. The summed E-state index contributed by atoms with van der Waals surface area (Å²) in [6.45, 7) is 5.27. The Morgan fingerprint density at radius 1 is 1.45 bits per heavy atom. The van der Waals surface area contributed by atoms with Crippen molar-refractivity contribution < 1.29 is 14.7 Å². The van der Waals surface area contributed by atoms with Crippen LogP contribution in [0.25, 0.3) is 0 Å². The maximum absolute atomic E-state index is 12.7. The van der Waals surface area contributed by atoms with Crippen molar-refractivity contribution in [2.75, 3.05) is 13.2 Å². The molecule has 1 aliphatic heterocycles. The molecule has 116 valence electrons. The summed E-state index contributed by atoms with van der Waals surface area (Å²) in [5.74, 6) is -0.137. The zero-order valence-electron chi connectivity index (χ0n) is 12.5. The lowest BCUT2D eigenvalue weighted by Crippen LogP contribution is -2.53. The van der Waals surface area contributed by atoms with Crippen molar-refractivity contribution >= 4 is 11.7 Å². The molecule has 1 heterocycles. The van der Waals surface area contributed by atoms with Crippen LogP contribution in [0, 0.1) is 5.41 Å². The van der Waals surface area contributed by atoms with Crippen LogP contribution in [-0.2, 0) is 9.53 Å². The summed E-state index contributed by atoms with van der Waals surface area (Å²) in [4.78, 5) is 12.7. The van der Waals surface area contributed by atoms with Gasteiger partial charge < -0.3 is 21.0 Å². The molecular weight excluding hydrogens is 258 g/mol. The zero-order chi connectivity index (χ0) is 15.0. The Kier molecular flexibility index (Phi) is 6.78. The maximum atomic E-state index is 12.7. The number of oxime groups is 1. The van der Waals surface area contributed by atoms with Crippen molar-refractivity contribution in [1.29, 1.82) is 0 Å². The van der Waals surface area contributed by atoms with E-state index < -0.39 is 5.41 Å². The number of rotatable bonds is 7. The Bertz CT molecular complexity index is 333. The predicted molar refractivity (Wildman–Crippen MR) is 77.6 cm³/mol. The second kappa shape index (κ2) is 8.09. The molecule has 1 atom stereocenters. The molecule has 0 aromatic rings. The van der Waals surface area contributed by atoms with Crippen LogP contribution in [0.3, 0.4) is 0 Å². The average molecular weight is 285 g/mol. The van der Waals surface area contributed by atoms with Crippen LogP contribution in [0.4, 0.5) is 0 Å². The van der Waals surface area contributed by atoms with E-state index in [0.717, 1.165) is 32.3 Å². The highest BCUT2D eigenvalue weighted by atomic mass is 16.5. The molecule has 1 saturated heterocycles. The summed E-state index contributed by atoms with van der Waals surface area (Å²) >= 11 is 0. The number of nitrogens with two attached hydrogens (primary N) is 1. The summed E-state index contributed by atoms with van der Waals surface area (Å²) in [6, 6.07) is 0.0239. The fraction of sp³-hybridized carbons (Fsp3) is 0.857. The van der Waals surface area contributed by atoms with Gasteiger partial charge in [-0.2, -0.15) is 0 Å². The lowest BCUT2D eigenvalue weighted by Gasteiger charge is -2.33. The van der Waals surface area contributed by atoms with Gasteiger partial charge in [-0.05, 0) is 25.7 Å². The molecule has 0 spiro atoms. The third-order valence-corrected chi connectivity index (χ3v) is 3.88. The van der Waals surface area contributed by atoms with Gasteiger partial charge in [0, 0.05) is 6.61 Å². The van der Waals surface area contributed by atoms with Gasteiger partial charge in [0.25, 0.3) is 0 Å². The van der Waals surface area contributed by atoms with Crippen LogP contribution >= 0.6 is 0 Å². The fourth-order valence-corrected chi connectivity index (χ4v) is 2.85. The van der Waals surface area contributed by atoms with Gasteiger partial charge in [0.15, 0.2) is 5.84 Å². The van der Waals surface area contributed by atoms with E-state index in [2.05, 4.69) is 10.5 Å². The number of nitrogens with one attached hydrogen (secondary N) is 1. The molecule has 1 rings (SSSR count). The number of ether oxygens (including phenoxy) is 1. The van der Waals surface area contributed by atoms with Crippen LogP contribution < -0.4 is 11.1 Å². The fourth-order valence-electron chi connectivity index (χ4n) is 2.85. The van der Waals surface area contributed by atoms with Gasteiger partial charge in [-0.1, -0.05) is 31.8 Å². The van der Waals surface area contributed by atoms with Crippen molar-refractivity contribution in [2.24, 2.45) is 16.3 Å². The molecule has 20 heavy (non-hydrogen) atoms. The Morgan fingerprint density at radius 2 is 2.10 bits per heavy atom. The van der Waals surface area contributed by atoms with Gasteiger partial charge in [0.05, 0.1) is 12.6 Å². The summed E-state index contributed by atoms with van der Waals surface area (Å²) < 4.78 is 5.38. The zero-order valence-corrected chi connectivity index (χ0v) is 12.5. The minimum Gasteiger partial charge on any atom is -0.409 e. The molecule has 4 N–H and O–H groups in total. The van der Waals surface area contributed by atoms with E-state index >= 15 is 0 Å². The molecule has 0 saturated carbocycles. The van der Waals surface area contributed by atoms with E-state index in [1.807, 2.05) is 13.8 Å². The van der Waals surface area contributed by atoms with E-state index in [4.69, 9.17) is 15.7 Å². The number of carbonyl (C=O) groups is 1. The van der Waals surface area contributed by atoms with Crippen LogP contribution in [0.1, 0.15) is 52.4 Å². The lowest BCUT2D eigenvalue weighted by molar-refractivity contribution is -0.130. The van der Waals surface area contributed by atoms with E-state index in [0.29, 0.717) is 19.4 Å². The first-order valence-corrected chi connectivity index (χ1v) is 7.47. The predicted octanol–water partition coefficient (Wildman–Crippen LogP) is 1.61. The summed E-state index contributed by atoms with van der Waals surface area (Å²) in [5.41, 5.74) is 4.93. The largest absolute Gasteiger partial charge is 0.409 e. The first kappa shape index (κ1) is 16.8. The standard InChI is InChI=1S/C14H27N3O3/c1-3-7-14(8-4-2,12(15)17-19)13(18)16-11-6-5-9-20-10-11/h11,19H,3-10H2,1-2H3,(H2,15,17)(H,16,18). The minimum absolute atomic E-state index is 0.00966. The minimum atomic E-state index is -0.907. The van der Waals surface area contributed by atoms with Gasteiger partial charge >= 0.3 is 0 Å². The molecule has 1 aliphatic rings. The molecule has 6 nitrogen and oxygen atoms in total. The Labute approximate surface area is 120 Å². The Morgan fingerprint density at radius 3 is 2.55 bits per heavy atom. The molecule has 0 aliphatic carbocycles. The van der Waals surface area contributed by atoms with Gasteiger partial charge in [-0.15, -0.1) is 0 Å². The van der Waals surface area contributed by atoms with Gasteiger partial charge in [0.2, 0.25) is 5.91 Å². The highest BCUT2D eigenvalue weighted by molar-refractivity contribution is 6.06. The molecule has 0 radical (unpaired) electrons. The van der Waals surface area contributed by atoms with Crippen molar-refractivity contribution in [3.63, 3.8) is 0 Å². The average Bonchev–Trinajstić information content (AvgIpc) is 2.47. The normalized spacial score (nSPS) is 20.7. The summed E-state index contributed by atoms with van der Waals surface area (Å²) in [7, 11) is 0. The first-order valence-electron chi connectivity index (χ1n) is 7.47. The molecule has 0 aromatic carbocycles. The van der Waals surface area contributed by atoms with Crippen LogP contribution in [0.15, 0.2) is 5.16 Å². The third-order valence-electron chi connectivity index (χ3n) is 3.88. The van der Waals surface area contributed by atoms with Gasteiger partial charge in [0.1, 0.15) is 5.41 Å². The van der Waals surface area contributed by atoms with E-state index in [9.17, 15) is 4.79 Å². The smallest absolute Gasteiger partial charge is 0.234 e. The summed E-state index contributed by atoms with van der Waals surface area (Å²) in [6.07, 6.45) is 4.61. The highest BCUT2D eigenvalue weighted by Crippen LogP contribution is 2.31. The number of amidine groups is 1. The number of hydrogen-bond acceptors (Lipinski definition) is 4. The molecule has 1 fully saturated rings. The number of nitrogens with zero attached hydrogens (tertiary/aromatic N) is 1. The number of carbonyl (C=O) groups excluding carboxylic acids is 1. The molecule has 0 bridgehead atoms.